The first kappa shape index (κ1) is 25.3. The maximum Gasteiger partial charge on any atom is 0.410 e. The van der Waals surface area contributed by atoms with Gasteiger partial charge >= 0.3 is 6.09 Å². The first-order valence-electron chi connectivity index (χ1n) is 10.7. The third-order valence-corrected chi connectivity index (χ3v) is 8.93. The summed E-state index contributed by atoms with van der Waals surface area (Å²) in [5, 5.41) is 21.6. The molecule has 0 bridgehead atoms. The van der Waals surface area contributed by atoms with Crippen LogP contribution in [0.3, 0.4) is 0 Å². The number of rotatable bonds is 6. The van der Waals surface area contributed by atoms with Crippen molar-refractivity contribution in [3.63, 3.8) is 0 Å². The third kappa shape index (κ3) is 5.23. The molecule has 0 unspecified atom stereocenters. The second-order valence-electron chi connectivity index (χ2n) is 8.46. The molecule has 2 amide bonds. The van der Waals surface area contributed by atoms with Gasteiger partial charge in [0.15, 0.2) is 22.2 Å². The van der Waals surface area contributed by atoms with Crippen LogP contribution in [0.4, 0.5) is 4.79 Å². The van der Waals surface area contributed by atoms with Gasteiger partial charge in [0.1, 0.15) is 5.54 Å². The molecule has 1 aliphatic heterocycles. The second kappa shape index (κ2) is 9.66. The van der Waals surface area contributed by atoms with Crippen LogP contribution < -0.4 is 5.32 Å². The average molecular weight is 538 g/mol. The normalized spacial score (nSPS) is 21.6. The predicted molar refractivity (Wildman–Crippen MR) is 126 cm³/mol. The van der Waals surface area contributed by atoms with Gasteiger partial charge in [-0.3, -0.25) is 4.79 Å². The van der Waals surface area contributed by atoms with Gasteiger partial charge in [0.05, 0.1) is 21.2 Å². The Kier molecular flexibility index (Phi) is 6.97. The molecule has 184 valence electrons. The number of alkyl carbamates (subject to hydrolysis) is 1. The van der Waals surface area contributed by atoms with Crippen LogP contribution in [-0.4, -0.2) is 54.0 Å². The number of nitriles is 1. The first-order valence-corrected chi connectivity index (χ1v) is 13.0. The number of aliphatic hydroxyl groups excluding tert-OH is 1. The molecule has 9 nitrogen and oxygen atoms in total. The molecule has 0 spiro atoms. The lowest BCUT2D eigenvalue weighted by atomic mass is 10.1. The van der Waals surface area contributed by atoms with Crippen LogP contribution in [0.15, 0.2) is 53.4 Å². The summed E-state index contributed by atoms with van der Waals surface area (Å²) in [6, 6.07) is 13.8. The van der Waals surface area contributed by atoms with E-state index in [2.05, 4.69) is 5.32 Å². The van der Waals surface area contributed by atoms with E-state index in [1.165, 1.54) is 42.5 Å². The number of hydrogen-bond acceptors (Lipinski definition) is 7. The van der Waals surface area contributed by atoms with E-state index in [1.807, 2.05) is 6.07 Å². The van der Waals surface area contributed by atoms with Crippen LogP contribution in [-0.2, 0) is 19.4 Å². The molecular weight excluding hydrogens is 517 g/mol. The fraction of sp³-hybridized carbons (Fsp3) is 0.348. The number of nitrogens with one attached hydrogen (secondary N) is 1. The van der Waals surface area contributed by atoms with Crippen molar-refractivity contribution in [2.24, 2.45) is 0 Å². The topological polar surface area (TPSA) is 137 Å². The van der Waals surface area contributed by atoms with Gasteiger partial charge in [0.25, 0.3) is 5.91 Å². The lowest BCUT2D eigenvalue weighted by Gasteiger charge is -2.27. The van der Waals surface area contributed by atoms with E-state index in [-0.39, 0.29) is 28.4 Å². The van der Waals surface area contributed by atoms with Gasteiger partial charge in [-0.15, -0.1) is 0 Å². The highest BCUT2D eigenvalue weighted by molar-refractivity contribution is 7.92. The van der Waals surface area contributed by atoms with Crippen LogP contribution in [0.2, 0.25) is 10.0 Å². The lowest BCUT2D eigenvalue weighted by molar-refractivity contribution is -0.147. The van der Waals surface area contributed by atoms with E-state index in [9.17, 15) is 28.4 Å². The van der Waals surface area contributed by atoms with Gasteiger partial charge < -0.3 is 20.1 Å². The minimum absolute atomic E-state index is 0.0263. The number of hydrogen-bond donors (Lipinski definition) is 2. The molecule has 12 heteroatoms. The smallest absolute Gasteiger partial charge is 0.410 e. The SMILES string of the molecule is N#CC1(NC(=O)O[C@H]2C[C@@H](S(=O)(=O)c3ccccc3Cl)CN2C(=O)[C@H](O)c2ccc(Cl)cc2)CC1. The number of sulfone groups is 1. The van der Waals surface area contributed by atoms with Gasteiger partial charge in [-0.2, -0.15) is 5.26 Å². The lowest BCUT2D eigenvalue weighted by Crippen LogP contribution is -2.45. The van der Waals surface area contributed by atoms with E-state index in [4.69, 9.17) is 27.9 Å². The second-order valence-corrected chi connectivity index (χ2v) is 11.5. The summed E-state index contributed by atoms with van der Waals surface area (Å²) in [5.41, 5.74) is -0.780. The maximum absolute atomic E-state index is 13.3. The van der Waals surface area contributed by atoms with Gasteiger partial charge in [-0.05, 0) is 42.7 Å². The highest BCUT2D eigenvalue weighted by Crippen LogP contribution is 2.36. The summed E-state index contributed by atoms with van der Waals surface area (Å²) in [7, 11) is -4.02. The number of halogens is 2. The van der Waals surface area contributed by atoms with E-state index in [1.54, 1.807) is 6.07 Å². The number of amides is 2. The summed E-state index contributed by atoms with van der Waals surface area (Å²) >= 11 is 12.0. The van der Waals surface area contributed by atoms with Gasteiger partial charge in [-0.25, -0.2) is 13.2 Å². The highest BCUT2D eigenvalue weighted by Gasteiger charge is 2.48. The summed E-state index contributed by atoms with van der Waals surface area (Å²) in [6.45, 7) is -0.335. The Bertz CT molecular complexity index is 1290. The fourth-order valence-electron chi connectivity index (χ4n) is 3.87. The van der Waals surface area contributed by atoms with E-state index in [0.29, 0.717) is 17.9 Å². The average Bonchev–Trinajstić information content (AvgIpc) is 3.47. The number of carbonyl (C=O) groups is 2. The molecule has 1 aliphatic carbocycles. The van der Waals surface area contributed by atoms with Crippen molar-refractivity contribution in [3.8, 4) is 6.07 Å². The van der Waals surface area contributed by atoms with Crippen LogP contribution in [0.1, 0.15) is 30.9 Å². The van der Waals surface area contributed by atoms with Crippen molar-refractivity contribution >= 4 is 45.0 Å². The van der Waals surface area contributed by atoms with Crippen molar-refractivity contribution in [1.82, 2.24) is 10.2 Å². The third-order valence-electron chi connectivity index (χ3n) is 6.05. The van der Waals surface area contributed by atoms with Crippen molar-refractivity contribution in [2.45, 2.75) is 47.3 Å². The molecule has 4 rings (SSSR count). The standard InChI is InChI=1S/C23H21Cl2N3O6S/c24-15-7-5-14(6-8-15)20(29)21(30)28-12-16(35(32,33)18-4-2-1-3-17(18)25)11-19(28)34-22(31)27-23(13-26)9-10-23/h1-8,16,19-20,29H,9-12H2,(H,27,31)/t16-,19+,20-/m1/s1. The van der Waals surface area contributed by atoms with Gasteiger partial charge in [0.2, 0.25) is 0 Å². The summed E-state index contributed by atoms with van der Waals surface area (Å²) in [5.74, 6) is -0.844. The summed E-state index contributed by atoms with van der Waals surface area (Å²) in [4.78, 5) is 26.6. The molecule has 3 atom stereocenters. The Morgan fingerprint density at radius 3 is 2.43 bits per heavy atom. The van der Waals surface area contributed by atoms with E-state index in [0.717, 1.165) is 4.90 Å². The molecule has 35 heavy (non-hydrogen) atoms. The van der Waals surface area contributed by atoms with Crippen LogP contribution in [0.5, 0.6) is 0 Å². The molecule has 1 saturated heterocycles. The number of aliphatic hydroxyl groups is 1. The zero-order valence-corrected chi connectivity index (χ0v) is 20.6. The molecule has 0 aromatic heterocycles. The fourth-order valence-corrected chi connectivity index (χ4v) is 6.20. The number of carbonyl (C=O) groups excluding carboxylic acids is 2. The number of ether oxygens (including phenoxy) is 1. The Hall–Kier alpha value is -2.84. The van der Waals surface area contributed by atoms with Gasteiger partial charge in [0, 0.05) is 18.0 Å². The molecule has 2 aromatic rings. The van der Waals surface area contributed by atoms with E-state index >= 15 is 0 Å². The Morgan fingerprint density at radius 1 is 1.17 bits per heavy atom. The van der Waals surface area contributed by atoms with Crippen molar-refractivity contribution in [3.05, 3.63) is 64.1 Å². The molecule has 2 aromatic carbocycles. The Balaban J connectivity index is 1.60. The zero-order valence-electron chi connectivity index (χ0n) is 18.2. The summed E-state index contributed by atoms with van der Waals surface area (Å²) < 4.78 is 32.0. The largest absolute Gasteiger partial charge is 0.425 e. The number of benzene rings is 2. The Labute approximate surface area is 212 Å². The Morgan fingerprint density at radius 2 is 1.83 bits per heavy atom. The molecule has 0 radical (unpaired) electrons. The summed E-state index contributed by atoms with van der Waals surface area (Å²) in [6.07, 6.45) is -3.20. The van der Waals surface area contributed by atoms with Crippen LogP contribution in [0, 0.1) is 11.3 Å². The van der Waals surface area contributed by atoms with Crippen LogP contribution in [0.25, 0.3) is 0 Å². The number of likely N-dealkylation sites (tertiary alicyclic amines) is 1. The van der Waals surface area contributed by atoms with Crippen LogP contribution >= 0.6 is 23.2 Å². The molecule has 2 fully saturated rings. The first-order chi connectivity index (χ1) is 16.6. The molecule has 1 heterocycles. The molecular formula is C23H21Cl2N3O6S. The molecule has 2 N–H and O–H groups in total. The predicted octanol–water partition coefficient (Wildman–Crippen LogP) is 3.21. The number of nitrogens with zero attached hydrogens (tertiary/aromatic N) is 2. The maximum atomic E-state index is 13.3. The quantitative estimate of drug-likeness (QED) is 0.576. The monoisotopic (exact) mass is 537 g/mol. The van der Waals surface area contributed by atoms with Gasteiger partial charge in [-0.1, -0.05) is 47.5 Å². The van der Waals surface area contributed by atoms with Crippen molar-refractivity contribution in [1.29, 1.82) is 5.26 Å². The highest BCUT2D eigenvalue weighted by atomic mass is 35.5. The van der Waals surface area contributed by atoms with Crippen molar-refractivity contribution < 1.29 is 27.9 Å². The molecule has 1 saturated carbocycles. The molecule has 2 aliphatic rings. The van der Waals surface area contributed by atoms with Crippen molar-refractivity contribution in [2.75, 3.05) is 6.54 Å². The minimum Gasteiger partial charge on any atom is -0.425 e. The van der Waals surface area contributed by atoms with E-state index < -0.39 is 45.0 Å². The minimum atomic E-state index is -4.02. The zero-order chi connectivity index (χ0) is 25.4.